The number of ether oxygens (including phenoxy) is 1. The van der Waals surface area contributed by atoms with Crippen LogP contribution in [0, 0.1) is 5.41 Å². The van der Waals surface area contributed by atoms with Crippen molar-refractivity contribution >= 4 is 52.0 Å². The fraction of sp³-hybridized carbons (Fsp3) is 0.389. The lowest BCUT2D eigenvalue weighted by Gasteiger charge is -2.46. The molecule has 154 valence electrons. The van der Waals surface area contributed by atoms with Gasteiger partial charge in [0, 0.05) is 18.7 Å². The van der Waals surface area contributed by atoms with Crippen molar-refractivity contribution in [1.29, 1.82) is 5.41 Å². The van der Waals surface area contributed by atoms with E-state index in [-0.39, 0.29) is 18.5 Å². The molecule has 3 atom stereocenters. The van der Waals surface area contributed by atoms with E-state index >= 15 is 0 Å². The fourth-order valence-corrected chi connectivity index (χ4v) is 6.54. The summed E-state index contributed by atoms with van der Waals surface area (Å²) >= 11 is 6.27. The Morgan fingerprint density at radius 2 is 2.41 bits per heavy atom. The van der Waals surface area contributed by atoms with Crippen LogP contribution in [0.4, 0.5) is 5.82 Å². The normalized spacial score (nSPS) is 26.2. The summed E-state index contributed by atoms with van der Waals surface area (Å²) < 4.78 is 20.7. The summed E-state index contributed by atoms with van der Waals surface area (Å²) in [5, 5.41) is 13.9. The van der Waals surface area contributed by atoms with Gasteiger partial charge >= 0.3 is 0 Å². The molecule has 2 aromatic rings. The van der Waals surface area contributed by atoms with Gasteiger partial charge < -0.3 is 19.9 Å². The van der Waals surface area contributed by atoms with Gasteiger partial charge in [-0.2, -0.15) is 4.72 Å². The number of hydrogen-bond donors (Lipinski definition) is 4. The maximum Gasteiger partial charge on any atom is 0.266 e. The van der Waals surface area contributed by atoms with Crippen molar-refractivity contribution in [2.45, 2.75) is 30.6 Å². The van der Waals surface area contributed by atoms with Crippen LogP contribution >= 0.6 is 22.9 Å². The number of aromatic nitrogens is 1. The maximum atomic E-state index is 12.8. The molecular formula is C18H20ClN5O3S2. The minimum Gasteiger partial charge on any atom is -0.593 e. The van der Waals surface area contributed by atoms with E-state index in [9.17, 15) is 9.35 Å². The quantitative estimate of drug-likeness (QED) is 0.527. The maximum absolute atomic E-state index is 12.8. The van der Waals surface area contributed by atoms with Gasteiger partial charge in [0.15, 0.2) is 5.25 Å². The number of nitrogens with zero attached hydrogens (tertiary/aromatic N) is 1. The van der Waals surface area contributed by atoms with Crippen molar-refractivity contribution in [2.75, 3.05) is 18.5 Å². The molecule has 3 unspecified atom stereocenters. The number of amides is 1. The van der Waals surface area contributed by atoms with Crippen molar-refractivity contribution in [2.24, 2.45) is 0 Å². The van der Waals surface area contributed by atoms with E-state index in [4.69, 9.17) is 21.7 Å². The molecule has 4 heterocycles. The second-order valence-corrected chi connectivity index (χ2v) is 9.62. The zero-order valence-corrected chi connectivity index (χ0v) is 18.0. The minimum atomic E-state index is -1.50. The van der Waals surface area contributed by atoms with Crippen LogP contribution in [0.2, 0.25) is 5.02 Å². The molecular weight excluding hydrogens is 434 g/mol. The summed E-state index contributed by atoms with van der Waals surface area (Å²) in [5.41, 5.74) is 0.0723. The van der Waals surface area contributed by atoms with Gasteiger partial charge in [-0.25, -0.2) is 4.98 Å². The number of pyridine rings is 1. The van der Waals surface area contributed by atoms with Gasteiger partial charge in [0.1, 0.15) is 11.4 Å². The van der Waals surface area contributed by atoms with Gasteiger partial charge in [-0.1, -0.05) is 24.6 Å². The van der Waals surface area contributed by atoms with Crippen LogP contribution in [0.5, 0.6) is 0 Å². The lowest BCUT2D eigenvalue weighted by molar-refractivity contribution is 0.0469. The lowest BCUT2D eigenvalue weighted by atomic mass is 9.87. The first kappa shape index (κ1) is 20.4. The number of fused-ring (bicyclic) bond motifs is 1. The number of halogens is 1. The third-order valence-corrected chi connectivity index (χ3v) is 8.18. The topological polar surface area (TPSA) is 122 Å². The Kier molecular flexibility index (Phi) is 5.71. The summed E-state index contributed by atoms with van der Waals surface area (Å²) in [4.78, 5) is 18.3. The molecule has 0 saturated carbocycles. The molecule has 1 amide bonds. The van der Waals surface area contributed by atoms with Crippen LogP contribution in [0.3, 0.4) is 0 Å². The van der Waals surface area contributed by atoms with Crippen LogP contribution in [0.1, 0.15) is 33.6 Å². The smallest absolute Gasteiger partial charge is 0.266 e. The Hall–Kier alpha value is -1.85. The first-order valence-corrected chi connectivity index (χ1v) is 11.5. The minimum absolute atomic E-state index is 0.0301. The zero-order chi connectivity index (χ0) is 20.6. The Bertz CT molecular complexity index is 955. The van der Waals surface area contributed by atoms with Gasteiger partial charge in [-0.15, -0.1) is 11.3 Å². The summed E-state index contributed by atoms with van der Waals surface area (Å²) in [6.07, 6.45) is 1.27. The molecule has 0 aliphatic carbocycles. The Morgan fingerprint density at radius 1 is 1.59 bits per heavy atom. The molecule has 29 heavy (non-hydrogen) atoms. The number of aryl methyl sites for hydroxylation is 1. The molecule has 2 saturated heterocycles. The largest absolute Gasteiger partial charge is 0.593 e. The zero-order valence-electron chi connectivity index (χ0n) is 15.6. The van der Waals surface area contributed by atoms with Crippen LogP contribution < -0.4 is 15.4 Å². The number of carbonyl (C=O) groups is 1. The first-order valence-electron chi connectivity index (χ1n) is 9.11. The lowest BCUT2D eigenvalue weighted by Crippen LogP contribution is -2.69. The van der Waals surface area contributed by atoms with Crippen LogP contribution in [-0.2, 0) is 28.1 Å². The van der Waals surface area contributed by atoms with Crippen LogP contribution in [0.15, 0.2) is 24.3 Å². The number of carbonyl (C=O) groups excluding carboxylic acids is 1. The number of anilines is 1. The highest BCUT2D eigenvalue weighted by molar-refractivity contribution is 7.90. The number of hydrogen-bond acceptors (Lipinski definition) is 6. The highest BCUT2D eigenvalue weighted by atomic mass is 35.5. The summed E-state index contributed by atoms with van der Waals surface area (Å²) in [6, 6.07) is 7.09. The third-order valence-electron chi connectivity index (χ3n) is 5.00. The molecule has 2 aromatic heterocycles. The van der Waals surface area contributed by atoms with Crippen molar-refractivity contribution in [1.82, 2.24) is 15.0 Å². The average molecular weight is 454 g/mol. The number of guanidine groups is 1. The monoisotopic (exact) mass is 453 g/mol. The predicted molar refractivity (Wildman–Crippen MR) is 114 cm³/mol. The molecule has 2 aliphatic heterocycles. The van der Waals surface area contributed by atoms with Crippen molar-refractivity contribution < 1.29 is 14.1 Å². The predicted octanol–water partition coefficient (Wildman–Crippen LogP) is 2.39. The van der Waals surface area contributed by atoms with E-state index in [1.807, 2.05) is 19.1 Å². The molecule has 2 aliphatic rings. The Balaban J connectivity index is 1.64. The second kappa shape index (κ2) is 8.11. The van der Waals surface area contributed by atoms with Gasteiger partial charge in [0.05, 0.1) is 32.7 Å². The average Bonchev–Trinajstić information content (AvgIpc) is 3.10. The molecule has 8 nitrogen and oxygen atoms in total. The summed E-state index contributed by atoms with van der Waals surface area (Å²) in [6.45, 7) is 2.71. The van der Waals surface area contributed by atoms with Gasteiger partial charge in [-0.3, -0.25) is 10.2 Å². The first-order chi connectivity index (χ1) is 13.9. The standard InChI is InChI=1S/C18H20ClN5O3S2/c1-2-10-4-3-5-14(21-10)22-16(25)12-8-11(19)15(28-12)18-6-7-27-9-13(18)29(26)24-17(20)23-18/h3-5,8,13H,2,6-7,9H2,1H3,(H3,20,23,24)(H,21,22,25). The van der Waals surface area contributed by atoms with Gasteiger partial charge in [0.25, 0.3) is 5.91 Å². The van der Waals surface area contributed by atoms with E-state index in [0.29, 0.717) is 33.6 Å². The molecule has 4 rings (SSSR count). The van der Waals surface area contributed by atoms with Crippen LogP contribution in [0.25, 0.3) is 0 Å². The fourth-order valence-electron chi connectivity index (χ4n) is 3.56. The number of nitrogens with one attached hydrogen (secondary N) is 4. The van der Waals surface area contributed by atoms with Gasteiger partial charge in [0.2, 0.25) is 5.96 Å². The highest BCUT2D eigenvalue weighted by Gasteiger charge is 2.56. The molecule has 0 bridgehead atoms. The highest BCUT2D eigenvalue weighted by Crippen LogP contribution is 2.45. The Labute approximate surface area is 180 Å². The summed E-state index contributed by atoms with van der Waals surface area (Å²) in [5.74, 6) is 0.136. The van der Waals surface area contributed by atoms with Crippen molar-refractivity contribution in [3.05, 3.63) is 44.7 Å². The molecule has 2 fully saturated rings. The van der Waals surface area contributed by atoms with Gasteiger partial charge in [-0.05, 0) is 24.6 Å². The number of rotatable bonds is 4. The molecule has 0 aromatic carbocycles. The van der Waals surface area contributed by atoms with Crippen LogP contribution in [-0.4, -0.2) is 39.9 Å². The third kappa shape index (κ3) is 3.82. The Morgan fingerprint density at radius 3 is 3.21 bits per heavy atom. The molecule has 4 N–H and O–H groups in total. The number of thiophene rings is 1. The molecule has 11 heteroatoms. The van der Waals surface area contributed by atoms with E-state index in [1.54, 1.807) is 12.1 Å². The SMILES string of the molecule is CCc1cccc(NC(=O)c2cc(Cl)c(C34CCOCC3[S+]([O-])NC(=N)N4)s2)n1. The molecule has 0 radical (unpaired) electrons. The van der Waals surface area contributed by atoms with Crippen molar-refractivity contribution in [3.8, 4) is 0 Å². The van der Waals surface area contributed by atoms with E-state index in [1.165, 1.54) is 11.3 Å². The van der Waals surface area contributed by atoms with Crippen molar-refractivity contribution in [3.63, 3.8) is 0 Å². The summed E-state index contributed by atoms with van der Waals surface area (Å²) in [7, 11) is 0. The van der Waals surface area contributed by atoms with E-state index in [2.05, 4.69) is 20.3 Å². The van der Waals surface area contributed by atoms with E-state index in [0.717, 1.165) is 12.1 Å². The second-order valence-electron chi connectivity index (χ2n) is 6.79. The van der Waals surface area contributed by atoms with E-state index < -0.39 is 22.2 Å². The molecule has 0 spiro atoms.